The van der Waals surface area contributed by atoms with Gasteiger partial charge >= 0.3 is 0 Å². The zero-order valence-corrected chi connectivity index (χ0v) is 11.2. The first-order valence-electron chi connectivity index (χ1n) is 4.94. The van der Waals surface area contributed by atoms with Gasteiger partial charge in [0, 0.05) is 26.4 Å². The van der Waals surface area contributed by atoms with Crippen LogP contribution in [0.25, 0.3) is 0 Å². The highest BCUT2D eigenvalue weighted by atomic mass is 79.9. The Labute approximate surface area is 103 Å². The van der Waals surface area contributed by atoms with Crippen molar-refractivity contribution in [3.05, 3.63) is 17.5 Å². The summed E-state index contributed by atoms with van der Waals surface area (Å²) in [5.41, 5.74) is 1.40. The van der Waals surface area contributed by atoms with Gasteiger partial charge in [-0.2, -0.15) is 5.10 Å². The van der Waals surface area contributed by atoms with Crippen LogP contribution in [0.1, 0.15) is 16.1 Å². The standard InChI is InChI=1S/C10H16BrN3O2/c1-7-9(4-12-13-7)10(15)14(2)5-8(11)6-16-3/h4,8H,5-6H2,1-3H3,(H,12,13). The smallest absolute Gasteiger partial charge is 0.257 e. The highest BCUT2D eigenvalue weighted by Gasteiger charge is 2.17. The SMILES string of the molecule is COCC(Br)CN(C)C(=O)c1cn[nH]c1C. The number of nitrogens with one attached hydrogen (secondary N) is 1. The lowest BCUT2D eigenvalue weighted by Gasteiger charge is -2.19. The van der Waals surface area contributed by atoms with E-state index in [1.165, 1.54) is 0 Å². The summed E-state index contributed by atoms with van der Waals surface area (Å²) >= 11 is 3.45. The molecule has 0 bridgehead atoms. The molecule has 1 heterocycles. The van der Waals surface area contributed by atoms with Crippen LogP contribution in [0.15, 0.2) is 6.20 Å². The van der Waals surface area contributed by atoms with Crippen molar-refractivity contribution in [1.82, 2.24) is 15.1 Å². The number of hydrogen-bond donors (Lipinski definition) is 1. The molecule has 90 valence electrons. The van der Waals surface area contributed by atoms with E-state index >= 15 is 0 Å². The minimum absolute atomic E-state index is 0.0354. The third kappa shape index (κ3) is 3.31. The number of ether oxygens (including phenoxy) is 1. The molecule has 0 aromatic carbocycles. The van der Waals surface area contributed by atoms with Crippen molar-refractivity contribution >= 4 is 21.8 Å². The van der Waals surface area contributed by atoms with Crippen molar-refractivity contribution in [2.24, 2.45) is 0 Å². The van der Waals surface area contributed by atoms with E-state index in [0.29, 0.717) is 18.7 Å². The second kappa shape index (κ2) is 6.00. The Bertz CT molecular complexity index is 354. The van der Waals surface area contributed by atoms with E-state index in [4.69, 9.17) is 4.74 Å². The monoisotopic (exact) mass is 289 g/mol. The first kappa shape index (κ1) is 13.2. The first-order valence-corrected chi connectivity index (χ1v) is 5.86. The second-order valence-electron chi connectivity index (χ2n) is 3.65. The number of aryl methyl sites for hydroxylation is 1. The third-order valence-electron chi connectivity index (χ3n) is 2.23. The molecule has 0 saturated carbocycles. The molecule has 1 amide bonds. The van der Waals surface area contributed by atoms with Gasteiger partial charge < -0.3 is 9.64 Å². The molecule has 0 aliphatic heterocycles. The van der Waals surface area contributed by atoms with Crippen LogP contribution in [0, 0.1) is 6.92 Å². The molecule has 5 nitrogen and oxygen atoms in total. The van der Waals surface area contributed by atoms with Crippen molar-refractivity contribution in [2.45, 2.75) is 11.8 Å². The summed E-state index contributed by atoms with van der Waals surface area (Å²) in [5.74, 6) is -0.0354. The molecule has 1 atom stereocenters. The lowest BCUT2D eigenvalue weighted by Crippen LogP contribution is -2.33. The predicted molar refractivity (Wildman–Crippen MR) is 64.9 cm³/mol. The number of rotatable bonds is 5. The van der Waals surface area contributed by atoms with Gasteiger partial charge in [-0.25, -0.2) is 0 Å². The number of carbonyl (C=O) groups excluding carboxylic acids is 1. The first-order chi connectivity index (χ1) is 7.56. The normalized spacial score (nSPS) is 12.5. The van der Waals surface area contributed by atoms with Gasteiger partial charge in [-0.15, -0.1) is 0 Å². The van der Waals surface area contributed by atoms with Crippen LogP contribution < -0.4 is 0 Å². The fourth-order valence-electron chi connectivity index (χ4n) is 1.39. The molecule has 0 fully saturated rings. The number of aromatic amines is 1. The highest BCUT2D eigenvalue weighted by Crippen LogP contribution is 2.09. The Hall–Kier alpha value is -0.880. The average molecular weight is 290 g/mol. The molecule has 1 aromatic heterocycles. The van der Waals surface area contributed by atoms with Crippen molar-refractivity contribution in [3.8, 4) is 0 Å². The maximum atomic E-state index is 12.0. The molecule has 0 saturated heterocycles. The Morgan fingerprint density at radius 2 is 2.44 bits per heavy atom. The molecule has 1 unspecified atom stereocenters. The molecule has 6 heteroatoms. The van der Waals surface area contributed by atoms with E-state index in [1.54, 1.807) is 25.3 Å². The Morgan fingerprint density at radius 3 is 2.94 bits per heavy atom. The minimum atomic E-state index is -0.0354. The third-order valence-corrected chi connectivity index (χ3v) is 2.78. The van der Waals surface area contributed by atoms with Crippen molar-refractivity contribution < 1.29 is 9.53 Å². The molecule has 0 aliphatic rings. The summed E-state index contributed by atoms with van der Waals surface area (Å²) < 4.78 is 5.00. The van der Waals surface area contributed by atoms with E-state index in [-0.39, 0.29) is 10.7 Å². The van der Waals surface area contributed by atoms with E-state index in [1.807, 2.05) is 6.92 Å². The van der Waals surface area contributed by atoms with Gasteiger partial charge in [0.1, 0.15) is 0 Å². The van der Waals surface area contributed by atoms with Crippen LogP contribution in [-0.2, 0) is 4.74 Å². The van der Waals surface area contributed by atoms with Crippen LogP contribution in [0.2, 0.25) is 0 Å². The Kier molecular flexibility index (Phi) is 4.95. The van der Waals surface area contributed by atoms with Gasteiger partial charge in [0.2, 0.25) is 0 Å². The van der Waals surface area contributed by atoms with Gasteiger partial charge in [-0.05, 0) is 6.92 Å². The molecule has 0 aliphatic carbocycles. The number of nitrogens with zero attached hydrogens (tertiary/aromatic N) is 2. The van der Waals surface area contributed by atoms with Gasteiger partial charge in [0.25, 0.3) is 5.91 Å². The number of methoxy groups -OCH3 is 1. The molecular formula is C10H16BrN3O2. The lowest BCUT2D eigenvalue weighted by atomic mass is 10.2. The molecule has 0 spiro atoms. The largest absolute Gasteiger partial charge is 0.383 e. The molecule has 1 N–H and O–H groups in total. The molecule has 1 rings (SSSR count). The number of aromatic nitrogens is 2. The van der Waals surface area contributed by atoms with Gasteiger partial charge in [0.15, 0.2) is 0 Å². The number of alkyl halides is 1. The fraction of sp³-hybridized carbons (Fsp3) is 0.600. The molecule has 16 heavy (non-hydrogen) atoms. The van der Waals surface area contributed by atoms with Crippen molar-refractivity contribution in [3.63, 3.8) is 0 Å². The van der Waals surface area contributed by atoms with Gasteiger partial charge in [0.05, 0.1) is 23.2 Å². The molecular weight excluding hydrogens is 274 g/mol. The maximum Gasteiger partial charge on any atom is 0.257 e. The van der Waals surface area contributed by atoms with Crippen molar-refractivity contribution in [1.29, 1.82) is 0 Å². The number of halogens is 1. The zero-order valence-electron chi connectivity index (χ0n) is 9.66. The second-order valence-corrected chi connectivity index (χ2v) is 4.94. The Balaban J connectivity index is 2.58. The number of hydrogen-bond acceptors (Lipinski definition) is 3. The summed E-state index contributed by atoms with van der Waals surface area (Å²) in [6, 6.07) is 0. The van der Waals surface area contributed by atoms with E-state index in [9.17, 15) is 4.79 Å². The van der Waals surface area contributed by atoms with Gasteiger partial charge in [-0.3, -0.25) is 9.89 Å². The average Bonchev–Trinajstić information content (AvgIpc) is 2.63. The van der Waals surface area contributed by atoms with Crippen molar-refractivity contribution in [2.75, 3.05) is 27.3 Å². The lowest BCUT2D eigenvalue weighted by molar-refractivity contribution is 0.0783. The summed E-state index contributed by atoms with van der Waals surface area (Å²) in [5, 5.41) is 6.58. The molecule has 1 aromatic rings. The summed E-state index contributed by atoms with van der Waals surface area (Å²) in [7, 11) is 3.40. The highest BCUT2D eigenvalue weighted by molar-refractivity contribution is 9.09. The number of amides is 1. The summed E-state index contributed by atoms with van der Waals surface area (Å²) in [4.78, 5) is 13.8. The van der Waals surface area contributed by atoms with Crippen LogP contribution in [0.3, 0.4) is 0 Å². The van der Waals surface area contributed by atoms with Crippen LogP contribution in [0.4, 0.5) is 0 Å². The maximum absolute atomic E-state index is 12.0. The van der Waals surface area contributed by atoms with Crippen LogP contribution in [0.5, 0.6) is 0 Å². The minimum Gasteiger partial charge on any atom is -0.383 e. The fourth-order valence-corrected chi connectivity index (χ4v) is 2.08. The van der Waals surface area contributed by atoms with Gasteiger partial charge in [-0.1, -0.05) is 15.9 Å². The predicted octanol–water partition coefficient (Wildman–Crippen LogP) is 1.20. The van der Waals surface area contributed by atoms with E-state index in [2.05, 4.69) is 26.1 Å². The number of carbonyl (C=O) groups is 1. The van der Waals surface area contributed by atoms with E-state index in [0.717, 1.165) is 5.69 Å². The van der Waals surface area contributed by atoms with E-state index < -0.39 is 0 Å². The van der Waals surface area contributed by atoms with Crippen LogP contribution >= 0.6 is 15.9 Å². The summed E-state index contributed by atoms with van der Waals surface area (Å²) in [6.07, 6.45) is 1.55. The van der Waals surface area contributed by atoms with Crippen LogP contribution in [-0.4, -0.2) is 53.1 Å². The zero-order chi connectivity index (χ0) is 12.1. The topological polar surface area (TPSA) is 58.2 Å². The molecule has 0 radical (unpaired) electrons. The number of H-pyrrole nitrogens is 1. The summed E-state index contributed by atoms with van der Waals surface area (Å²) in [6.45, 7) is 2.99. The quantitative estimate of drug-likeness (QED) is 0.829. The Morgan fingerprint density at radius 1 is 1.75 bits per heavy atom.